The maximum Gasteiger partial charge on any atom is 0.240 e. The summed E-state index contributed by atoms with van der Waals surface area (Å²) in [6.45, 7) is 1.66. The van der Waals surface area contributed by atoms with Crippen LogP contribution in [0.25, 0.3) is 20.8 Å². The van der Waals surface area contributed by atoms with Gasteiger partial charge < -0.3 is 11.1 Å². The highest BCUT2D eigenvalue weighted by atomic mass is 32.1. The Morgan fingerprint density at radius 1 is 1.19 bits per heavy atom. The SMILES string of the molecule is C[C@H](N)C(=O)Nc1ccc(-c2nc3ccccc3s2)cc1. The highest BCUT2D eigenvalue weighted by Crippen LogP contribution is 2.30. The summed E-state index contributed by atoms with van der Waals surface area (Å²) in [5.74, 6) is -0.192. The topological polar surface area (TPSA) is 68.0 Å². The third-order valence-electron chi connectivity index (χ3n) is 3.11. The molecule has 1 aromatic heterocycles. The van der Waals surface area contributed by atoms with E-state index in [1.165, 1.54) is 4.70 Å². The second kappa shape index (κ2) is 5.63. The van der Waals surface area contributed by atoms with E-state index in [2.05, 4.69) is 16.4 Å². The van der Waals surface area contributed by atoms with Crippen LogP contribution in [0.3, 0.4) is 0 Å². The number of hydrogen-bond donors (Lipinski definition) is 2. The van der Waals surface area contributed by atoms with Crippen LogP contribution < -0.4 is 11.1 Å². The number of carbonyl (C=O) groups is 1. The zero-order chi connectivity index (χ0) is 14.8. The van der Waals surface area contributed by atoms with Gasteiger partial charge in [-0.3, -0.25) is 4.79 Å². The van der Waals surface area contributed by atoms with Crippen molar-refractivity contribution in [1.82, 2.24) is 4.98 Å². The van der Waals surface area contributed by atoms with Gasteiger partial charge >= 0.3 is 0 Å². The lowest BCUT2D eigenvalue weighted by Gasteiger charge is -2.07. The standard InChI is InChI=1S/C16H15N3OS/c1-10(17)15(20)18-12-8-6-11(7-9-12)16-19-13-4-2-3-5-14(13)21-16/h2-10H,17H2,1H3,(H,18,20)/t10-/m0/s1. The molecule has 1 amide bonds. The van der Waals surface area contributed by atoms with Crippen LogP contribution in [0.1, 0.15) is 6.92 Å². The van der Waals surface area contributed by atoms with E-state index in [-0.39, 0.29) is 5.91 Å². The molecule has 5 heteroatoms. The van der Waals surface area contributed by atoms with Crippen molar-refractivity contribution in [3.8, 4) is 10.6 Å². The van der Waals surface area contributed by atoms with Gasteiger partial charge in [0.2, 0.25) is 5.91 Å². The largest absolute Gasteiger partial charge is 0.325 e. The van der Waals surface area contributed by atoms with Crippen LogP contribution in [0.5, 0.6) is 0 Å². The number of amides is 1. The Kier molecular flexibility index (Phi) is 3.68. The van der Waals surface area contributed by atoms with Gasteiger partial charge in [0.05, 0.1) is 16.3 Å². The number of fused-ring (bicyclic) bond motifs is 1. The van der Waals surface area contributed by atoms with Crippen LogP contribution in [-0.2, 0) is 4.79 Å². The molecule has 0 unspecified atom stereocenters. The monoisotopic (exact) mass is 297 g/mol. The Labute approximate surface area is 126 Å². The van der Waals surface area contributed by atoms with Crippen LogP contribution in [0.2, 0.25) is 0 Å². The molecular weight excluding hydrogens is 282 g/mol. The van der Waals surface area contributed by atoms with Crippen molar-refractivity contribution in [2.24, 2.45) is 5.73 Å². The maximum atomic E-state index is 11.5. The highest BCUT2D eigenvalue weighted by molar-refractivity contribution is 7.21. The molecule has 2 aromatic carbocycles. The number of benzene rings is 2. The summed E-state index contributed by atoms with van der Waals surface area (Å²) in [6, 6.07) is 15.2. The molecule has 0 radical (unpaired) electrons. The van der Waals surface area contributed by atoms with E-state index in [1.54, 1.807) is 18.3 Å². The van der Waals surface area contributed by atoms with E-state index in [1.807, 2.05) is 42.5 Å². The van der Waals surface area contributed by atoms with E-state index in [9.17, 15) is 4.79 Å². The Hall–Kier alpha value is -2.24. The smallest absolute Gasteiger partial charge is 0.240 e. The predicted octanol–water partition coefficient (Wildman–Crippen LogP) is 3.25. The number of para-hydroxylation sites is 1. The van der Waals surface area contributed by atoms with E-state index in [0.717, 1.165) is 21.8 Å². The molecular formula is C16H15N3OS. The molecule has 21 heavy (non-hydrogen) atoms. The van der Waals surface area contributed by atoms with Crippen LogP contribution in [0.15, 0.2) is 48.5 Å². The third-order valence-corrected chi connectivity index (χ3v) is 4.19. The van der Waals surface area contributed by atoms with Crippen LogP contribution in [0.4, 0.5) is 5.69 Å². The van der Waals surface area contributed by atoms with Gasteiger partial charge in [-0.2, -0.15) is 0 Å². The van der Waals surface area contributed by atoms with Gasteiger partial charge in [0.1, 0.15) is 5.01 Å². The average molecular weight is 297 g/mol. The molecule has 0 fully saturated rings. The number of nitrogens with zero attached hydrogens (tertiary/aromatic N) is 1. The van der Waals surface area contributed by atoms with Crippen LogP contribution >= 0.6 is 11.3 Å². The number of nitrogens with two attached hydrogens (primary N) is 1. The average Bonchev–Trinajstić information content (AvgIpc) is 2.91. The first kappa shape index (κ1) is 13.7. The van der Waals surface area contributed by atoms with E-state index in [0.29, 0.717) is 0 Å². The van der Waals surface area contributed by atoms with Crippen molar-refractivity contribution in [2.45, 2.75) is 13.0 Å². The molecule has 0 aliphatic carbocycles. The first-order valence-electron chi connectivity index (χ1n) is 6.66. The number of carbonyl (C=O) groups excluding carboxylic acids is 1. The molecule has 4 nitrogen and oxygen atoms in total. The van der Waals surface area contributed by atoms with Crippen LogP contribution in [0, 0.1) is 0 Å². The molecule has 1 atom stereocenters. The number of rotatable bonds is 3. The lowest BCUT2D eigenvalue weighted by molar-refractivity contribution is -0.117. The third kappa shape index (κ3) is 2.94. The second-order valence-corrected chi connectivity index (χ2v) is 5.87. The molecule has 3 aromatic rings. The summed E-state index contributed by atoms with van der Waals surface area (Å²) in [7, 11) is 0. The summed E-state index contributed by atoms with van der Waals surface area (Å²) in [5.41, 5.74) is 8.31. The summed E-state index contributed by atoms with van der Waals surface area (Å²) < 4.78 is 1.17. The number of thiazole rings is 1. The molecule has 3 rings (SSSR count). The van der Waals surface area contributed by atoms with Gasteiger partial charge in [-0.1, -0.05) is 12.1 Å². The summed E-state index contributed by atoms with van der Waals surface area (Å²) in [5, 5.41) is 3.74. The quantitative estimate of drug-likeness (QED) is 0.779. The van der Waals surface area contributed by atoms with E-state index < -0.39 is 6.04 Å². The van der Waals surface area contributed by atoms with Gasteiger partial charge in [-0.25, -0.2) is 4.98 Å². The predicted molar refractivity (Wildman–Crippen MR) is 87.3 cm³/mol. The first-order chi connectivity index (χ1) is 10.1. The van der Waals surface area contributed by atoms with Crippen molar-refractivity contribution < 1.29 is 4.79 Å². The summed E-state index contributed by atoms with van der Waals surface area (Å²) in [6.07, 6.45) is 0. The molecule has 0 aliphatic rings. The molecule has 0 saturated heterocycles. The Morgan fingerprint density at radius 2 is 1.90 bits per heavy atom. The normalized spacial score (nSPS) is 12.3. The first-order valence-corrected chi connectivity index (χ1v) is 7.47. The molecule has 3 N–H and O–H groups in total. The molecule has 106 valence electrons. The molecule has 1 heterocycles. The lowest BCUT2D eigenvalue weighted by Crippen LogP contribution is -2.32. The minimum absolute atomic E-state index is 0.192. The van der Waals surface area contributed by atoms with Gasteiger partial charge in [0.15, 0.2) is 0 Å². The molecule has 0 bridgehead atoms. The van der Waals surface area contributed by atoms with Crippen molar-refractivity contribution in [3.05, 3.63) is 48.5 Å². The number of nitrogens with one attached hydrogen (secondary N) is 1. The zero-order valence-electron chi connectivity index (χ0n) is 11.5. The second-order valence-electron chi connectivity index (χ2n) is 4.84. The van der Waals surface area contributed by atoms with Crippen LogP contribution in [-0.4, -0.2) is 16.9 Å². The van der Waals surface area contributed by atoms with Gasteiger partial charge in [-0.05, 0) is 43.3 Å². The molecule has 0 saturated carbocycles. The highest BCUT2D eigenvalue weighted by Gasteiger charge is 2.09. The van der Waals surface area contributed by atoms with Gasteiger partial charge in [-0.15, -0.1) is 11.3 Å². The fourth-order valence-corrected chi connectivity index (χ4v) is 2.92. The van der Waals surface area contributed by atoms with E-state index in [4.69, 9.17) is 5.73 Å². The lowest BCUT2D eigenvalue weighted by atomic mass is 10.2. The van der Waals surface area contributed by atoms with E-state index >= 15 is 0 Å². The van der Waals surface area contributed by atoms with Crippen molar-refractivity contribution in [3.63, 3.8) is 0 Å². The number of hydrogen-bond acceptors (Lipinski definition) is 4. The number of anilines is 1. The summed E-state index contributed by atoms with van der Waals surface area (Å²) >= 11 is 1.66. The zero-order valence-corrected chi connectivity index (χ0v) is 12.4. The van der Waals surface area contributed by atoms with Crippen molar-refractivity contribution in [2.75, 3.05) is 5.32 Å². The fraction of sp³-hybridized carbons (Fsp3) is 0.125. The van der Waals surface area contributed by atoms with Gasteiger partial charge in [0, 0.05) is 11.3 Å². The Morgan fingerprint density at radius 3 is 2.57 bits per heavy atom. The maximum absolute atomic E-state index is 11.5. The Balaban J connectivity index is 1.85. The minimum atomic E-state index is -0.520. The molecule has 0 spiro atoms. The van der Waals surface area contributed by atoms with Crippen molar-refractivity contribution >= 4 is 33.1 Å². The minimum Gasteiger partial charge on any atom is -0.325 e. The fourth-order valence-electron chi connectivity index (χ4n) is 1.95. The molecule has 0 aliphatic heterocycles. The van der Waals surface area contributed by atoms with Crippen molar-refractivity contribution in [1.29, 1.82) is 0 Å². The Bertz CT molecular complexity index is 745. The number of aromatic nitrogens is 1. The van der Waals surface area contributed by atoms with Gasteiger partial charge in [0.25, 0.3) is 0 Å². The summed E-state index contributed by atoms with van der Waals surface area (Å²) in [4.78, 5) is 16.2.